The van der Waals surface area contributed by atoms with Gasteiger partial charge >= 0.3 is 0 Å². The highest BCUT2D eigenvalue weighted by molar-refractivity contribution is 5.47. The van der Waals surface area contributed by atoms with Crippen molar-refractivity contribution in [3.63, 3.8) is 0 Å². The third-order valence-corrected chi connectivity index (χ3v) is 1.55. The number of hydrogen-bond acceptors (Lipinski definition) is 2. The van der Waals surface area contributed by atoms with Gasteiger partial charge in [-0.15, -0.1) is 0 Å². The molecule has 0 saturated heterocycles. The normalized spacial score (nSPS) is 10.4. The summed E-state index contributed by atoms with van der Waals surface area (Å²) in [7, 11) is 0. The lowest BCUT2D eigenvalue weighted by Crippen LogP contribution is -2.07. The highest BCUT2D eigenvalue weighted by Gasteiger charge is 2.24. The van der Waals surface area contributed by atoms with Crippen LogP contribution in [0.3, 0.4) is 0 Å². The fourth-order valence-corrected chi connectivity index (χ4v) is 0.900. The summed E-state index contributed by atoms with van der Waals surface area (Å²) in [5.74, 6) is -7.62. The number of ether oxygens (including phenoxy) is 1. The van der Waals surface area contributed by atoms with Crippen molar-refractivity contribution in [1.82, 2.24) is 0 Å². The van der Waals surface area contributed by atoms with Crippen LogP contribution in [0.2, 0.25) is 0 Å². The minimum Gasteiger partial charge on any atom is -0.488 e. The molecule has 0 heterocycles. The van der Waals surface area contributed by atoms with Crippen LogP contribution < -0.4 is 10.5 Å². The number of halogens is 4. The van der Waals surface area contributed by atoms with Crippen molar-refractivity contribution in [2.75, 3.05) is 12.3 Å². The number of anilines is 1. The minimum absolute atomic E-state index is 0.114. The van der Waals surface area contributed by atoms with Gasteiger partial charge in [0.2, 0.25) is 11.6 Å². The molecule has 0 aliphatic heterocycles. The van der Waals surface area contributed by atoms with Crippen LogP contribution in [0, 0.1) is 23.3 Å². The topological polar surface area (TPSA) is 35.2 Å². The van der Waals surface area contributed by atoms with Gasteiger partial charge < -0.3 is 10.5 Å². The molecule has 0 aliphatic carbocycles. The molecule has 0 unspecified atom stereocenters. The summed E-state index contributed by atoms with van der Waals surface area (Å²) in [6, 6.07) is 0. The van der Waals surface area contributed by atoms with Crippen LogP contribution in [0.4, 0.5) is 23.2 Å². The molecule has 0 fully saturated rings. The maximum atomic E-state index is 12.9. The fourth-order valence-electron chi connectivity index (χ4n) is 0.900. The van der Waals surface area contributed by atoms with Gasteiger partial charge in [0.05, 0.1) is 6.61 Å². The Balaban J connectivity index is 3.43. The Morgan fingerprint density at radius 1 is 1.00 bits per heavy atom. The molecule has 0 aliphatic rings. The summed E-state index contributed by atoms with van der Waals surface area (Å²) in [6.45, 7) is 1.31. The van der Waals surface area contributed by atoms with Gasteiger partial charge in [-0.3, -0.25) is 0 Å². The highest BCUT2D eigenvalue weighted by atomic mass is 19.2. The van der Waals surface area contributed by atoms with Gasteiger partial charge in [0.25, 0.3) is 0 Å². The molecular weight excluding hydrogens is 202 g/mol. The van der Waals surface area contributed by atoms with E-state index < -0.39 is 34.7 Å². The molecule has 2 N–H and O–H groups in total. The Bertz CT molecular complexity index is 338. The first-order chi connectivity index (χ1) is 6.50. The van der Waals surface area contributed by atoms with Crippen LogP contribution in [0.1, 0.15) is 6.92 Å². The lowest BCUT2D eigenvalue weighted by molar-refractivity contribution is 0.288. The monoisotopic (exact) mass is 209 g/mol. The van der Waals surface area contributed by atoms with E-state index in [1.54, 1.807) is 0 Å². The first kappa shape index (κ1) is 10.6. The highest BCUT2D eigenvalue weighted by Crippen LogP contribution is 2.31. The van der Waals surface area contributed by atoms with Crippen LogP contribution in [0.5, 0.6) is 5.75 Å². The number of hydrogen-bond donors (Lipinski definition) is 1. The summed E-state index contributed by atoms with van der Waals surface area (Å²) in [5.41, 5.74) is 3.57. The summed E-state index contributed by atoms with van der Waals surface area (Å²) in [4.78, 5) is 0. The molecule has 1 aromatic rings. The third kappa shape index (κ3) is 1.47. The van der Waals surface area contributed by atoms with Gasteiger partial charge in [-0.25, -0.2) is 8.78 Å². The Morgan fingerprint density at radius 3 is 1.79 bits per heavy atom. The van der Waals surface area contributed by atoms with Gasteiger partial charge in [-0.05, 0) is 6.92 Å². The van der Waals surface area contributed by atoms with Crippen LogP contribution in [0.15, 0.2) is 0 Å². The fraction of sp³-hybridized carbons (Fsp3) is 0.250. The summed E-state index contributed by atoms with van der Waals surface area (Å²) < 4.78 is 55.7. The molecule has 0 saturated carbocycles. The zero-order chi connectivity index (χ0) is 10.9. The quantitative estimate of drug-likeness (QED) is 0.460. The molecular formula is C8H7F4NO. The molecule has 1 aromatic carbocycles. The second-order valence-electron chi connectivity index (χ2n) is 2.43. The van der Waals surface area contributed by atoms with E-state index in [0.717, 1.165) is 0 Å². The van der Waals surface area contributed by atoms with Gasteiger partial charge in [0.15, 0.2) is 17.4 Å². The molecule has 0 amide bonds. The number of rotatable bonds is 2. The number of benzene rings is 1. The Labute approximate surface area is 77.3 Å². The van der Waals surface area contributed by atoms with Crippen molar-refractivity contribution in [3.8, 4) is 5.75 Å². The summed E-state index contributed by atoms with van der Waals surface area (Å²) in [6.07, 6.45) is 0. The Morgan fingerprint density at radius 2 is 1.43 bits per heavy atom. The molecule has 6 heteroatoms. The smallest absolute Gasteiger partial charge is 0.206 e. The summed E-state index contributed by atoms with van der Waals surface area (Å²) >= 11 is 0. The lowest BCUT2D eigenvalue weighted by atomic mass is 10.2. The van der Waals surface area contributed by atoms with E-state index in [4.69, 9.17) is 5.73 Å². The third-order valence-electron chi connectivity index (χ3n) is 1.55. The van der Waals surface area contributed by atoms with Crippen molar-refractivity contribution >= 4 is 5.69 Å². The van der Waals surface area contributed by atoms with E-state index in [1.165, 1.54) is 6.92 Å². The molecule has 0 radical (unpaired) electrons. The molecule has 0 aromatic heterocycles. The van der Waals surface area contributed by atoms with Gasteiger partial charge in [0, 0.05) is 0 Å². The number of nitrogen functional groups attached to an aromatic ring is 1. The molecule has 1 rings (SSSR count). The standard InChI is InChI=1S/C8H7F4NO/c1-2-14-8-5(11)3(9)7(13)4(10)6(8)12/h2,13H2,1H3. The lowest BCUT2D eigenvalue weighted by Gasteiger charge is -2.09. The van der Waals surface area contributed by atoms with E-state index >= 15 is 0 Å². The van der Waals surface area contributed by atoms with Crippen LogP contribution in [0.25, 0.3) is 0 Å². The molecule has 0 bridgehead atoms. The minimum atomic E-state index is -1.65. The average Bonchev–Trinajstić information content (AvgIpc) is 2.19. The predicted octanol–water partition coefficient (Wildman–Crippen LogP) is 2.22. The molecule has 14 heavy (non-hydrogen) atoms. The van der Waals surface area contributed by atoms with Crippen LogP contribution in [-0.4, -0.2) is 6.61 Å². The maximum absolute atomic E-state index is 12.9. The SMILES string of the molecule is CCOc1c(F)c(F)c(N)c(F)c1F. The van der Waals surface area contributed by atoms with Crippen molar-refractivity contribution in [2.45, 2.75) is 6.92 Å². The van der Waals surface area contributed by atoms with E-state index in [2.05, 4.69) is 4.74 Å². The average molecular weight is 209 g/mol. The first-order valence-corrected chi connectivity index (χ1v) is 3.74. The molecule has 0 spiro atoms. The predicted molar refractivity (Wildman–Crippen MR) is 41.9 cm³/mol. The Kier molecular flexibility index (Phi) is 2.83. The molecule has 0 atom stereocenters. The molecule has 78 valence electrons. The van der Waals surface area contributed by atoms with E-state index in [9.17, 15) is 17.6 Å². The Hall–Kier alpha value is -1.46. The van der Waals surface area contributed by atoms with Gasteiger partial charge in [0.1, 0.15) is 5.69 Å². The maximum Gasteiger partial charge on any atom is 0.206 e. The zero-order valence-electron chi connectivity index (χ0n) is 7.20. The van der Waals surface area contributed by atoms with Gasteiger partial charge in [-0.2, -0.15) is 8.78 Å². The van der Waals surface area contributed by atoms with E-state index in [-0.39, 0.29) is 6.61 Å². The second-order valence-corrected chi connectivity index (χ2v) is 2.43. The zero-order valence-corrected chi connectivity index (χ0v) is 7.20. The van der Waals surface area contributed by atoms with Crippen molar-refractivity contribution in [3.05, 3.63) is 23.3 Å². The van der Waals surface area contributed by atoms with Gasteiger partial charge in [-0.1, -0.05) is 0 Å². The van der Waals surface area contributed by atoms with Crippen molar-refractivity contribution in [1.29, 1.82) is 0 Å². The van der Waals surface area contributed by atoms with Crippen molar-refractivity contribution in [2.24, 2.45) is 0 Å². The first-order valence-electron chi connectivity index (χ1n) is 3.74. The van der Waals surface area contributed by atoms with Crippen LogP contribution >= 0.6 is 0 Å². The second kappa shape index (κ2) is 3.73. The number of nitrogens with two attached hydrogens (primary N) is 1. The van der Waals surface area contributed by atoms with E-state index in [1.807, 2.05) is 0 Å². The summed E-state index contributed by atoms with van der Waals surface area (Å²) in [5, 5.41) is 0. The largest absolute Gasteiger partial charge is 0.488 e. The molecule has 2 nitrogen and oxygen atoms in total. The van der Waals surface area contributed by atoms with Crippen LogP contribution in [-0.2, 0) is 0 Å². The van der Waals surface area contributed by atoms with E-state index in [0.29, 0.717) is 0 Å². The van der Waals surface area contributed by atoms with Crippen molar-refractivity contribution < 1.29 is 22.3 Å².